The number of rotatable bonds is 1. The van der Waals surface area contributed by atoms with Crippen LogP contribution in [0.2, 0.25) is 0 Å². The van der Waals surface area contributed by atoms with Crippen molar-refractivity contribution in [3.8, 4) is 11.8 Å². The molecule has 0 atom stereocenters. The van der Waals surface area contributed by atoms with Crippen molar-refractivity contribution < 1.29 is 5.11 Å². The van der Waals surface area contributed by atoms with E-state index in [1.165, 1.54) is 0 Å². The van der Waals surface area contributed by atoms with Gasteiger partial charge < -0.3 is 5.11 Å². The van der Waals surface area contributed by atoms with Crippen LogP contribution in [0.3, 0.4) is 0 Å². The van der Waals surface area contributed by atoms with Crippen molar-refractivity contribution in [3.05, 3.63) is 57.8 Å². The lowest BCUT2D eigenvalue weighted by Gasteiger charge is -1.97. The third kappa shape index (κ3) is 2.47. The van der Waals surface area contributed by atoms with E-state index in [0.717, 1.165) is 16.0 Å². The summed E-state index contributed by atoms with van der Waals surface area (Å²) in [6, 6.07) is 11.6. The normalized spacial score (nSPS) is 9.40. The zero-order valence-electron chi connectivity index (χ0n) is 8.10. The molecule has 0 unspecified atom stereocenters. The largest absolute Gasteiger partial charge is 0.392 e. The van der Waals surface area contributed by atoms with Gasteiger partial charge in [0.1, 0.15) is 0 Å². The molecule has 1 aromatic heterocycles. The first-order chi connectivity index (χ1) is 7.40. The lowest BCUT2D eigenvalue weighted by Crippen LogP contribution is -1.87. The van der Waals surface area contributed by atoms with Crippen LogP contribution in [0, 0.1) is 11.8 Å². The van der Waals surface area contributed by atoms with E-state index in [0.29, 0.717) is 0 Å². The highest BCUT2D eigenvalue weighted by atomic mass is 32.1. The van der Waals surface area contributed by atoms with Crippen LogP contribution in [0.4, 0.5) is 0 Å². The molecule has 2 rings (SSSR count). The Hall–Kier alpha value is -1.56. The molecule has 1 nitrogen and oxygen atoms in total. The van der Waals surface area contributed by atoms with Crippen LogP contribution in [-0.2, 0) is 6.61 Å². The fourth-order valence-corrected chi connectivity index (χ4v) is 1.83. The van der Waals surface area contributed by atoms with Crippen molar-refractivity contribution in [2.24, 2.45) is 0 Å². The molecule has 74 valence electrons. The predicted octanol–water partition coefficient (Wildman–Crippen LogP) is 2.64. The maximum atomic E-state index is 9.11. The number of aliphatic hydroxyl groups excluding tert-OH is 1. The monoisotopic (exact) mass is 214 g/mol. The Morgan fingerprint density at radius 1 is 1.07 bits per heavy atom. The Morgan fingerprint density at radius 2 is 1.93 bits per heavy atom. The van der Waals surface area contributed by atoms with Crippen molar-refractivity contribution in [2.45, 2.75) is 6.61 Å². The van der Waals surface area contributed by atoms with Gasteiger partial charge in [0.25, 0.3) is 0 Å². The number of benzene rings is 1. The Balaban J connectivity index is 2.31. The average Bonchev–Trinajstić information content (AvgIpc) is 2.79. The van der Waals surface area contributed by atoms with E-state index < -0.39 is 0 Å². The van der Waals surface area contributed by atoms with Gasteiger partial charge in [-0.3, -0.25) is 0 Å². The summed E-state index contributed by atoms with van der Waals surface area (Å²) >= 11 is 1.62. The van der Waals surface area contributed by atoms with Crippen LogP contribution in [0.1, 0.15) is 16.0 Å². The number of hydrogen-bond donors (Lipinski definition) is 1. The molecule has 0 aliphatic rings. The maximum absolute atomic E-state index is 9.11. The molecule has 0 saturated carbocycles. The summed E-state index contributed by atoms with van der Waals surface area (Å²) in [5.41, 5.74) is 1.77. The summed E-state index contributed by atoms with van der Waals surface area (Å²) < 4.78 is 0. The minimum Gasteiger partial charge on any atom is -0.392 e. The van der Waals surface area contributed by atoms with Crippen LogP contribution >= 0.6 is 11.3 Å². The van der Waals surface area contributed by atoms with Crippen LogP contribution < -0.4 is 0 Å². The molecule has 0 spiro atoms. The minimum atomic E-state index is 0.0370. The SMILES string of the molecule is OCc1ccccc1C#Cc1cccs1. The van der Waals surface area contributed by atoms with E-state index in [-0.39, 0.29) is 6.61 Å². The van der Waals surface area contributed by atoms with Gasteiger partial charge in [-0.2, -0.15) is 0 Å². The molecular formula is C13H10OS. The molecule has 1 N–H and O–H groups in total. The van der Waals surface area contributed by atoms with E-state index in [4.69, 9.17) is 5.11 Å². The molecule has 1 aromatic carbocycles. The maximum Gasteiger partial charge on any atom is 0.0772 e. The molecule has 0 aliphatic heterocycles. The van der Waals surface area contributed by atoms with Gasteiger partial charge in [-0.05, 0) is 23.1 Å². The summed E-state index contributed by atoms with van der Waals surface area (Å²) in [6.07, 6.45) is 0. The highest BCUT2D eigenvalue weighted by Gasteiger charge is 1.95. The third-order valence-electron chi connectivity index (χ3n) is 2.03. The first-order valence-electron chi connectivity index (χ1n) is 4.64. The quantitative estimate of drug-likeness (QED) is 0.723. The molecule has 1 heterocycles. The summed E-state index contributed by atoms with van der Waals surface area (Å²) in [4.78, 5) is 1.04. The molecule has 2 aromatic rings. The Bertz CT molecular complexity index is 489. The second-order valence-electron chi connectivity index (χ2n) is 3.04. The second-order valence-corrected chi connectivity index (χ2v) is 3.99. The van der Waals surface area contributed by atoms with Crippen LogP contribution in [0.15, 0.2) is 41.8 Å². The van der Waals surface area contributed by atoms with Gasteiger partial charge in [-0.15, -0.1) is 11.3 Å². The Morgan fingerprint density at radius 3 is 2.67 bits per heavy atom. The van der Waals surface area contributed by atoms with Crippen LogP contribution in [0.25, 0.3) is 0 Å². The van der Waals surface area contributed by atoms with Crippen molar-refractivity contribution >= 4 is 11.3 Å². The fraction of sp³-hybridized carbons (Fsp3) is 0.0769. The van der Waals surface area contributed by atoms with Gasteiger partial charge in [0.2, 0.25) is 0 Å². The predicted molar refractivity (Wildman–Crippen MR) is 62.7 cm³/mol. The summed E-state index contributed by atoms with van der Waals surface area (Å²) in [7, 11) is 0. The fourth-order valence-electron chi connectivity index (χ4n) is 1.26. The van der Waals surface area contributed by atoms with Gasteiger partial charge in [0, 0.05) is 5.56 Å². The molecule has 15 heavy (non-hydrogen) atoms. The Labute approximate surface area is 93.0 Å². The minimum absolute atomic E-state index is 0.0370. The summed E-state index contributed by atoms with van der Waals surface area (Å²) in [6.45, 7) is 0.0370. The van der Waals surface area contributed by atoms with E-state index in [1.54, 1.807) is 11.3 Å². The van der Waals surface area contributed by atoms with Crippen LogP contribution in [0.5, 0.6) is 0 Å². The highest BCUT2D eigenvalue weighted by Crippen LogP contribution is 2.09. The highest BCUT2D eigenvalue weighted by molar-refractivity contribution is 7.10. The number of hydrogen-bond acceptors (Lipinski definition) is 2. The molecule has 0 fully saturated rings. The summed E-state index contributed by atoms with van der Waals surface area (Å²) in [5, 5.41) is 11.1. The van der Waals surface area contributed by atoms with E-state index in [1.807, 2.05) is 41.8 Å². The van der Waals surface area contributed by atoms with Crippen LogP contribution in [-0.4, -0.2) is 5.11 Å². The van der Waals surface area contributed by atoms with Gasteiger partial charge >= 0.3 is 0 Å². The van der Waals surface area contributed by atoms with Gasteiger partial charge in [-0.25, -0.2) is 0 Å². The zero-order chi connectivity index (χ0) is 10.5. The first kappa shape index (κ1) is 9.97. The van der Waals surface area contributed by atoms with Gasteiger partial charge in [0.05, 0.1) is 11.5 Å². The molecular weight excluding hydrogens is 204 g/mol. The topological polar surface area (TPSA) is 20.2 Å². The molecule has 0 radical (unpaired) electrons. The van der Waals surface area contributed by atoms with Gasteiger partial charge in [0.15, 0.2) is 0 Å². The standard InChI is InChI=1S/C13H10OS/c14-10-12-5-2-1-4-11(12)7-8-13-6-3-9-15-13/h1-6,9,14H,10H2. The average molecular weight is 214 g/mol. The second kappa shape index (κ2) is 4.79. The van der Waals surface area contributed by atoms with Crippen molar-refractivity contribution in [3.63, 3.8) is 0 Å². The number of aliphatic hydroxyl groups is 1. The van der Waals surface area contributed by atoms with E-state index in [9.17, 15) is 0 Å². The van der Waals surface area contributed by atoms with Crippen molar-refractivity contribution in [2.75, 3.05) is 0 Å². The molecule has 0 aliphatic carbocycles. The van der Waals surface area contributed by atoms with Gasteiger partial charge in [-0.1, -0.05) is 36.1 Å². The van der Waals surface area contributed by atoms with Crippen molar-refractivity contribution in [1.29, 1.82) is 0 Å². The molecule has 0 bridgehead atoms. The van der Waals surface area contributed by atoms with Crippen molar-refractivity contribution in [1.82, 2.24) is 0 Å². The Kier molecular flexibility index (Phi) is 3.18. The smallest absolute Gasteiger partial charge is 0.0772 e. The van der Waals surface area contributed by atoms with E-state index in [2.05, 4.69) is 11.8 Å². The third-order valence-corrected chi connectivity index (χ3v) is 2.81. The number of thiophene rings is 1. The lowest BCUT2D eigenvalue weighted by atomic mass is 10.1. The first-order valence-corrected chi connectivity index (χ1v) is 5.52. The van der Waals surface area contributed by atoms with E-state index >= 15 is 0 Å². The lowest BCUT2D eigenvalue weighted by molar-refractivity contribution is 0.281. The molecule has 0 amide bonds. The zero-order valence-corrected chi connectivity index (χ0v) is 8.92. The molecule has 0 saturated heterocycles. The summed E-state index contributed by atoms with van der Waals surface area (Å²) in [5.74, 6) is 6.14. The molecule has 2 heteroatoms.